The highest BCUT2D eigenvalue weighted by atomic mass is 79.9. The zero-order valence-electron chi connectivity index (χ0n) is 18.4. The summed E-state index contributed by atoms with van der Waals surface area (Å²) >= 11 is 10.2. The van der Waals surface area contributed by atoms with Crippen molar-refractivity contribution in [1.29, 1.82) is 0 Å². The van der Waals surface area contributed by atoms with Gasteiger partial charge < -0.3 is 9.40 Å². The van der Waals surface area contributed by atoms with Gasteiger partial charge in [0, 0.05) is 40.6 Å². The van der Waals surface area contributed by atoms with Gasteiger partial charge in [-0.1, -0.05) is 63.0 Å². The molecule has 0 aliphatic heterocycles. The number of aryl methyl sites for hydroxylation is 1. The summed E-state index contributed by atoms with van der Waals surface area (Å²) in [6.45, 7) is 5.38. The van der Waals surface area contributed by atoms with E-state index in [1.165, 1.54) is 0 Å². The van der Waals surface area contributed by atoms with Gasteiger partial charge >= 0.3 is 0 Å². The van der Waals surface area contributed by atoms with E-state index in [0.29, 0.717) is 37.6 Å². The number of fused-ring (bicyclic) bond motifs is 1. The summed E-state index contributed by atoms with van der Waals surface area (Å²) in [4.78, 5) is 5.50. The van der Waals surface area contributed by atoms with E-state index in [2.05, 4.69) is 36.4 Å². The Balaban J connectivity index is 2.06. The van der Waals surface area contributed by atoms with Gasteiger partial charge in [-0.15, -0.1) is 0 Å². The number of aromatic nitrogens is 1. The number of halogens is 2. The molecular weight excluding hydrogens is 514 g/mol. The smallest absolute Gasteiger partial charge is 0.208 e. The zero-order chi connectivity index (χ0) is 23.3. The fraction of sp³-hybridized carbons (Fsp3) is 0.348. The number of para-hydroxylation sites is 1. The number of hydrogen-bond donors (Lipinski definition) is 1. The van der Waals surface area contributed by atoms with Crippen molar-refractivity contribution in [3.05, 3.63) is 68.8 Å². The Labute approximate surface area is 202 Å². The number of hydrogen-bond acceptors (Lipinski definition) is 4. The predicted molar refractivity (Wildman–Crippen MR) is 135 cm³/mol. The second kappa shape index (κ2) is 10.8. The predicted octanol–water partition coefficient (Wildman–Crippen LogP) is 5.29. The molecule has 6 nitrogen and oxygen atoms in total. The third-order valence-corrected chi connectivity index (χ3v) is 6.93. The molecular formula is C23H27BrClN3O3S. The maximum Gasteiger partial charge on any atom is 0.208 e. The number of nitrogens with zero attached hydrogens (tertiary/aromatic N) is 2. The van der Waals surface area contributed by atoms with Gasteiger partial charge in [-0.2, -0.15) is 0 Å². The summed E-state index contributed by atoms with van der Waals surface area (Å²) in [6.07, 6.45) is 2.38. The summed E-state index contributed by atoms with van der Waals surface area (Å²) in [5.41, 5.74) is 4.83. The van der Waals surface area contributed by atoms with Crippen LogP contribution in [0.2, 0.25) is 5.02 Å². The molecule has 2 aromatic carbocycles. The fourth-order valence-electron chi connectivity index (χ4n) is 3.76. The average molecular weight is 541 g/mol. The van der Waals surface area contributed by atoms with Gasteiger partial charge in [-0.25, -0.2) is 13.1 Å². The number of nitrogens with one attached hydrogen (secondary N) is 1. The van der Waals surface area contributed by atoms with Gasteiger partial charge in [0.1, 0.15) is 6.61 Å². The Hall–Kier alpha value is -1.87. The minimum Gasteiger partial charge on any atom is -0.396 e. The number of sulfonamides is 1. The SMILES string of the molecule is CCO/N=C(/Cc1ccccc1Br)c1c(C)n(CCCNS(C)(=O)=O)c2c(Cl)cccc12. The molecule has 3 aromatic rings. The monoisotopic (exact) mass is 539 g/mol. The molecule has 32 heavy (non-hydrogen) atoms. The van der Waals surface area contributed by atoms with Gasteiger partial charge in [0.15, 0.2) is 0 Å². The lowest BCUT2D eigenvalue weighted by Crippen LogP contribution is -2.24. The summed E-state index contributed by atoms with van der Waals surface area (Å²) in [5, 5.41) is 6.12. The van der Waals surface area contributed by atoms with Crippen molar-refractivity contribution in [2.45, 2.75) is 33.2 Å². The van der Waals surface area contributed by atoms with Crippen molar-refractivity contribution < 1.29 is 13.3 Å². The van der Waals surface area contributed by atoms with Gasteiger partial charge in [-0.3, -0.25) is 0 Å². The summed E-state index contributed by atoms with van der Waals surface area (Å²) in [7, 11) is -3.22. The molecule has 1 heterocycles. The largest absolute Gasteiger partial charge is 0.396 e. The molecule has 0 saturated heterocycles. The zero-order valence-corrected chi connectivity index (χ0v) is 21.5. The standard InChI is InChI=1S/C23H27BrClN3O3S/c1-4-31-27-21(15-17-9-5-6-11-19(17)24)22-16(2)28(14-8-13-26-32(3,29)30)23-18(22)10-7-12-20(23)25/h5-7,9-12,26H,4,8,13-15H2,1-3H3/b27-21-. The van der Waals surface area contributed by atoms with Crippen molar-refractivity contribution in [2.24, 2.45) is 5.16 Å². The second-order valence-corrected chi connectivity index (χ2v) is 10.6. The molecule has 0 aliphatic carbocycles. The third kappa shape index (κ3) is 5.92. The van der Waals surface area contributed by atoms with Gasteiger partial charge in [-0.05, 0) is 38.0 Å². The first-order chi connectivity index (χ1) is 15.2. The van der Waals surface area contributed by atoms with Crippen molar-refractivity contribution in [2.75, 3.05) is 19.4 Å². The van der Waals surface area contributed by atoms with Crippen LogP contribution in [0.1, 0.15) is 30.2 Å². The third-order valence-electron chi connectivity index (χ3n) is 5.12. The first kappa shape index (κ1) is 24.8. The first-order valence-electron chi connectivity index (χ1n) is 10.4. The summed E-state index contributed by atoms with van der Waals surface area (Å²) in [5.74, 6) is 0. The van der Waals surface area contributed by atoms with Crippen molar-refractivity contribution in [3.8, 4) is 0 Å². The number of benzene rings is 2. The summed E-state index contributed by atoms with van der Waals surface area (Å²) < 4.78 is 28.5. The highest BCUT2D eigenvalue weighted by Crippen LogP contribution is 2.33. The van der Waals surface area contributed by atoms with Crippen LogP contribution in [0.15, 0.2) is 52.1 Å². The lowest BCUT2D eigenvalue weighted by atomic mass is 9.99. The van der Waals surface area contributed by atoms with E-state index in [1.807, 2.05) is 50.2 Å². The van der Waals surface area contributed by atoms with Crippen LogP contribution < -0.4 is 4.72 Å². The molecule has 3 rings (SSSR count). The van der Waals surface area contributed by atoms with Crippen LogP contribution in [0, 0.1) is 6.92 Å². The molecule has 0 unspecified atom stereocenters. The molecule has 0 saturated carbocycles. The van der Waals surface area contributed by atoms with E-state index in [9.17, 15) is 8.42 Å². The van der Waals surface area contributed by atoms with Crippen molar-refractivity contribution in [3.63, 3.8) is 0 Å². The molecule has 9 heteroatoms. The normalized spacial score (nSPS) is 12.5. The minimum absolute atomic E-state index is 0.356. The van der Waals surface area contributed by atoms with Crippen LogP contribution in [-0.4, -0.2) is 38.1 Å². The molecule has 0 aliphatic rings. The van der Waals surface area contributed by atoms with E-state index in [0.717, 1.165) is 44.2 Å². The molecule has 0 spiro atoms. The fourth-order valence-corrected chi connectivity index (χ4v) is 4.98. The topological polar surface area (TPSA) is 72.7 Å². The highest BCUT2D eigenvalue weighted by molar-refractivity contribution is 9.10. The van der Waals surface area contributed by atoms with Crippen LogP contribution in [0.5, 0.6) is 0 Å². The van der Waals surface area contributed by atoms with Gasteiger partial charge in [0.2, 0.25) is 10.0 Å². The molecule has 0 radical (unpaired) electrons. The quantitative estimate of drug-likeness (QED) is 0.216. The Kier molecular flexibility index (Phi) is 8.38. The van der Waals surface area contributed by atoms with E-state index < -0.39 is 10.0 Å². The summed E-state index contributed by atoms with van der Waals surface area (Å²) in [6, 6.07) is 13.9. The second-order valence-electron chi connectivity index (χ2n) is 7.49. The molecule has 1 N–H and O–H groups in total. The van der Waals surface area contributed by atoms with Gasteiger partial charge in [0.05, 0.1) is 22.5 Å². The van der Waals surface area contributed by atoms with E-state index >= 15 is 0 Å². The Morgan fingerprint density at radius 3 is 2.66 bits per heavy atom. The van der Waals surface area contributed by atoms with Crippen LogP contribution in [-0.2, 0) is 27.8 Å². The minimum atomic E-state index is -3.22. The molecule has 0 bridgehead atoms. The molecule has 0 atom stereocenters. The lowest BCUT2D eigenvalue weighted by molar-refractivity contribution is 0.158. The molecule has 1 aromatic heterocycles. The first-order valence-corrected chi connectivity index (χ1v) is 13.4. The maximum atomic E-state index is 11.4. The number of rotatable bonds is 10. The van der Waals surface area contributed by atoms with Crippen LogP contribution in [0.3, 0.4) is 0 Å². The van der Waals surface area contributed by atoms with E-state index in [4.69, 9.17) is 16.4 Å². The Morgan fingerprint density at radius 2 is 1.97 bits per heavy atom. The van der Waals surface area contributed by atoms with Crippen molar-refractivity contribution in [1.82, 2.24) is 9.29 Å². The van der Waals surface area contributed by atoms with Crippen LogP contribution in [0.25, 0.3) is 10.9 Å². The number of oxime groups is 1. The maximum absolute atomic E-state index is 11.4. The van der Waals surface area contributed by atoms with Crippen molar-refractivity contribution >= 4 is 54.2 Å². The Morgan fingerprint density at radius 1 is 1.22 bits per heavy atom. The van der Waals surface area contributed by atoms with Gasteiger partial charge in [0.25, 0.3) is 0 Å². The lowest BCUT2D eigenvalue weighted by Gasteiger charge is -2.11. The van der Waals surface area contributed by atoms with Crippen LogP contribution >= 0.6 is 27.5 Å². The molecule has 172 valence electrons. The molecule has 0 amide bonds. The Bertz CT molecular complexity index is 1240. The van der Waals surface area contributed by atoms with Crippen LogP contribution in [0.4, 0.5) is 0 Å². The highest BCUT2D eigenvalue weighted by Gasteiger charge is 2.21. The van der Waals surface area contributed by atoms with E-state index in [-0.39, 0.29) is 0 Å². The molecule has 0 fully saturated rings. The van der Waals surface area contributed by atoms with E-state index in [1.54, 1.807) is 0 Å². The average Bonchev–Trinajstić information content (AvgIpc) is 3.02.